The molecule has 37 heavy (non-hydrogen) atoms. The molecular weight excluding hydrogens is 521 g/mol. The van der Waals surface area contributed by atoms with E-state index in [0.29, 0.717) is 23.0 Å². The molecule has 0 saturated heterocycles. The largest absolute Gasteiger partial charge is 0.496 e. The van der Waals surface area contributed by atoms with Crippen molar-refractivity contribution in [3.8, 4) is 5.75 Å². The number of hydrogen-bond donors (Lipinski definition) is 1. The van der Waals surface area contributed by atoms with Gasteiger partial charge in [0, 0.05) is 21.6 Å². The Morgan fingerprint density at radius 3 is 2.62 bits per heavy atom. The maximum absolute atomic E-state index is 13.4. The lowest BCUT2D eigenvalue weighted by molar-refractivity contribution is -0.137. The van der Waals surface area contributed by atoms with Gasteiger partial charge in [0.25, 0.3) is 0 Å². The van der Waals surface area contributed by atoms with Crippen molar-refractivity contribution in [2.24, 2.45) is 17.8 Å². The fourth-order valence-corrected chi connectivity index (χ4v) is 9.67. The van der Waals surface area contributed by atoms with E-state index in [0.717, 1.165) is 45.0 Å². The number of rotatable bonds is 5. The smallest absolute Gasteiger partial charge is 0.418 e. The van der Waals surface area contributed by atoms with Crippen LogP contribution in [0.3, 0.4) is 0 Å². The maximum atomic E-state index is 13.4. The molecule has 194 valence electrons. The first-order valence-electron chi connectivity index (χ1n) is 12.3. The average molecular weight is 547 g/mol. The van der Waals surface area contributed by atoms with Gasteiger partial charge in [0.2, 0.25) is 5.91 Å². The number of thiazole rings is 1. The SMILES string of the molecule is COc1ccccc1[C@H]1c2sc(=O)n(CC(=O)Nc3ccccc3C(F)(F)F)c2SC2C3CCC(C3)C21. The number of ether oxygens (including phenoxy) is 1. The molecule has 6 rings (SSSR count). The summed E-state index contributed by atoms with van der Waals surface area (Å²) in [5.41, 5.74) is -0.186. The Labute approximate surface area is 220 Å². The first-order valence-corrected chi connectivity index (χ1v) is 13.9. The molecule has 5 nitrogen and oxygen atoms in total. The van der Waals surface area contributed by atoms with Crippen molar-refractivity contribution < 1.29 is 22.7 Å². The van der Waals surface area contributed by atoms with Crippen LogP contribution < -0.4 is 14.9 Å². The second kappa shape index (κ2) is 9.23. The quantitative estimate of drug-likeness (QED) is 0.412. The normalized spacial score (nSPS) is 26.0. The highest BCUT2D eigenvalue weighted by molar-refractivity contribution is 8.00. The summed E-state index contributed by atoms with van der Waals surface area (Å²) in [6.45, 7) is -0.339. The van der Waals surface area contributed by atoms with E-state index in [1.165, 1.54) is 35.6 Å². The van der Waals surface area contributed by atoms with Crippen molar-refractivity contribution in [1.29, 1.82) is 0 Å². The minimum absolute atomic E-state index is 0.0133. The number of benzene rings is 2. The Bertz CT molecular complexity index is 1420. The molecule has 2 aliphatic carbocycles. The van der Waals surface area contributed by atoms with Crippen molar-refractivity contribution in [3.05, 3.63) is 74.2 Å². The van der Waals surface area contributed by atoms with Crippen LogP contribution in [0.4, 0.5) is 18.9 Å². The van der Waals surface area contributed by atoms with Crippen molar-refractivity contribution in [1.82, 2.24) is 4.57 Å². The second-order valence-electron chi connectivity index (χ2n) is 9.93. The Hall–Kier alpha value is -2.72. The number of carbonyl (C=O) groups excluding carboxylic acids is 1. The number of fused-ring (bicyclic) bond motifs is 6. The average Bonchev–Trinajstić information content (AvgIpc) is 3.57. The minimum Gasteiger partial charge on any atom is -0.496 e. The lowest BCUT2D eigenvalue weighted by atomic mass is 9.74. The molecule has 4 unspecified atom stereocenters. The number of anilines is 1. The predicted molar refractivity (Wildman–Crippen MR) is 137 cm³/mol. The minimum atomic E-state index is -4.60. The number of carbonyl (C=O) groups is 1. The van der Waals surface area contributed by atoms with E-state index >= 15 is 0 Å². The molecule has 2 bridgehead atoms. The van der Waals surface area contributed by atoms with Gasteiger partial charge in [0.05, 0.1) is 23.4 Å². The number of aromatic nitrogens is 1. The zero-order valence-corrected chi connectivity index (χ0v) is 21.6. The molecule has 2 aromatic carbocycles. The predicted octanol–water partition coefficient (Wildman–Crippen LogP) is 6.23. The summed E-state index contributed by atoms with van der Waals surface area (Å²) >= 11 is 2.82. The molecule has 1 aliphatic heterocycles. The zero-order valence-electron chi connectivity index (χ0n) is 20.0. The van der Waals surface area contributed by atoms with Crippen molar-refractivity contribution in [2.45, 2.75) is 48.2 Å². The Morgan fingerprint density at radius 1 is 1.11 bits per heavy atom. The van der Waals surface area contributed by atoms with Crippen LogP contribution >= 0.6 is 23.1 Å². The first kappa shape index (κ1) is 24.6. The van der Waals surface area contributed by atoms with Crippen LogP contribution in [0.25, 0.3) is 0 Å². The molecule has 0 spiro atoms. The summed E-state index contributed by atoms with van der Waals surface area (Å²) in [5.74, 6) is 1.62. The third-order valence-electron chi connectivity index (χ3n) is 7.97. The highest BCUT2D eigenvalue weighted by Crippen LogP contribution is 2.64. The summed E-state index contributed by atoms with van der Waals surface area (Å²) in [5, 5.41) is 3.47. The monoisotopic (exact) mass is 546 g/mol. The molecule has 1 amide bonds. The van der Waals surface area contributed by atoms with Gasteiger partial charge >= 0.3 is 11.0 Å². The lowest BCUT2D eigenvalue weighted by Crippen LogP contribution is -2.35. The van der Waals surface area contributed by atoms with Gasteiger partial charge in [-0.1, -0.05) is 41.7 Å². The number of hydrogen-bond acceptors (Lipinski definition) is 5. The molecule has 3 aliphatic rings. The van der Waals surface area contributed by atoms with E-state index in [2.05, 4.69) is 11.4 Å². The number of nitrogens with one attached hydrogen (secondary N) is 1. The van der Waals surface area contributed by atoms with E-state index in [1.807, 2.05) is 18.2 Å². The molecule has 1 aromatic heterocycles. The van der Waals surface area contributed by atoms with Crippen LogP contribution in [0.2, 0.25) is 0 Å². The molecule has 2 fully saturated rings. The molecule has 3 aromatic rings. The van der Waals surface area contributed by atoms with Crippen LogP contribution in [-0.4, -0.2) is 22.8 Å². The lowest BCUT2D eigenvalue weighted by Gasteiger charge is -2.40. The third kappa shape index (κ3) is 4.18. The Kier molecular flexibility index (Phi) is 6.14. The number of thioether (sulfide) groups is 1. The highest BCUT2D eigenvalue weighted by atomic mass is 32.2. The van der Waals surface area contributed by atoms with Gasteiger partial charge in [-0.25, -0.2) is 0 Å². The third-order valence-corrected chi connectivity index (χ3v) is 10.8. The molecule has 10 heteroatoms. The summed E-state index contributed by atoms with van der Waals surface area (Å²) in [7, 11) is 1.65. The van der Waals surface area contributed by atoms with Gasteiger partial charge in [-0.15, -0.1) is 11.8 Å². The van der Waals surface area contributed by atoms with E-state index in [4.69, 9.17) is 4.74 Å². The fourth-order valence-electron chi connectivity index (χ4n) is 6.53. The van der Waals surface area contributed by atoms with Gasteiger partial charge in [0.1, 0.15) is 12.3 Å². The number of halogens is 3. The van der Waals surface area contributed by atoms with Gasteiger partial charge in [-0.3, -0.25) is 14.2 Å². The van der Waals surface area contributed by atoms with Crippen LogP contribution in [0.1, 0.15) is 41.2 Å². The molecule has 5 atom stereocenters. The number of nitrogens with zero attached hydrogens (tertiary/aromatic N) is 1. The van der Waals surface area contributed by atoms with Gasteiger partial charge in [-0.2, -0.15) is 13.2 Å². The second-order valence-corrected chi connectivity index (χ2v) is 12.1. The summed E-state index contributed by atoms with van der Waals surface area (Å²) in [4.78, 5) is 26.8. The van der Waals surface area contributed by atoms with Crippen LogP contribution in [0.5, 0.6) is 5.75 Å². The van der Waals surface area contributed by atoms with Crippen molar-refractivity contribution in [3.63, 3.8) is 0 Å². The van der Waals surface area contributed by atoms with Crippen LogP contribution in [0, 0.1) is 17.8 Å². The van der Waals surface area contributed by atoms with Crippen molar-refractivity contribution >= 4 is 34.7 Å². The van der Waals surface area contributed by atoms with Crippen molar-refractivity contribution in [2.75, 3.05) is 12.4 Å². The highest BCUT2D eigenvalue weighted by Gasteiger charge is 2.55. The van der Waals surface area contributed by atoms with E-state index in [1.54, 1.807) is 18.9 Å². The van der Waals surface area contributed by atoms with Gasteiger partial charge < -0.3 is 10.1 Å². The van der Waals surface area contributed by atoms with Gasteiger partial charge in [0.15, 0.2) is 0 Å². The molecular formula is C27H25F3N2O3S2. The molecule has 1 N–H and O–H groups in total. The van der Waals surface area contributed by atoms with E-state index in [-0.39, 0.29) is 23.0 Å². The van der Waals surface area contributed by atoms with E-state index < -0.39 is 17.6 Å². The summed E-state index contributed by atoms with van der Waals surface area (Å²) < 4.78 is 47.4. The number of methoxy groups -OCH3 is 1. The fraction of sp³-hybridized carbons (Fsp3) is 0.407. The summed E-state index contributed by atoms with van der Waals surface area (Å²) in [6, 6.07) is 12.8. The number of alkyl halides is 3. The number of amides is 1. The first-order chi connectivity index (χ1) is 17.8. The standard InChI is InChI=1S/C27H25F3N2O3S2/c1-35-19-9-5-2-6-16(19)22-21-14-10-11-15(12-14)23(21)36-25-24(22)37-26(34)32(25)13-20(33)31-18-8-4-3-7-17(18)27(28,29)30/h2-9,14-15,21-23H,10-13H2,1H3,(H,31,33)/t14?,15?,21?,22-,23?/m1/s1. The topological polar surface area (TPSA) is 60.3 Å². The Morgan fingerprint density at radius 2 is 1.84 bits per heavy atom. The molecule has 0 radical (unpaired) electrons. The molecule has 2 saturated carbocycles. The Balaban J connectivity index is 1.37. The molecule has 2 heterocycles. The van der Waals surface area contributed by atoms with E-state index in [9.17, 15) is 22.8 Å². The zero-order chi connectivity index (χ0) is 25.9. The van der Waals surface area contributed by atoms with Gasteiger partial charge in [-0.05, 0) is 55.2 Å². The van der Waals surface area contributed by atoms with Crippen LogP contribution in [-0.2, 0) is 17.5 Å². The maximum Gasteiger partial charge on any atom is 0.418 e. The van der Waals surface area contributed by atoms with Crippen LogP contribution in [0.15, 0.2) is 58.4 Å². The number of para-hydroxylation sites is 2. The summed E-state index contributed by atoms with van der Waals surface area (Å²) in [6.07, 6.45) is -1.08.